The van der Waals surface area contributed by atoms with Crippen molar-refractivity contribution >= 4 is 54.2 Å². The molecule has 0 spiro atoms. The van der Waals surface area contributed by atoms with Crippen molar-refractivity contribution in [2.75, 3.05) is 22.7 Å². The molecule has 0 atom stereocenters. The summed E-state index contributed by atoms with van der Waals surface area (Å²) in [7, 11) is -7.50. The van der Waals surface area contributed by atoms with E-state index in [1.54, 1.807) is 32.0 Å². The van der Waals surface area contributed by atoms with Crippen LogP contribution in [-0.2, 0) is 19.9 Å². The molecule has 2 aromatic rings. The molecule has 0 aliphatic carbocycles. The molecule has 166 valence electrons. The maximum absolute atomic E-state index is 13.0. The van der Waals surface area contributed by atoms with Crippen LogP contribution in [0.1, 0.15) is 40.5 Å². The van der Waals surface area contributed by atoms with E-state index in [0.717, 1.165) is 37.3 Å². The quantitative estimate of drug-likeness (QED) is 0.615. The van der Waals surface area contributed by atoms with Crippen LogP contribution in [0.15, 0.2) is 38.8 Å². The predicted octanol–water partition coefficient (Wildman–Crippen LogP) is 5.01. The van der Waals surface area contributed by atoms with E-state index in [2.05, 4.69) is 23.5 Å². The molecule has 1 N–H and O–H groups in total. The average molecular weight is 491 g/mol. The van der Waals surface area contributed by atoms with Crippen molar-refractivity contribution in [3.05, 3.63) is 35.4 Å². The summed E-state index contributed by atoms with van der Waals surface area (Å²) in [5.74, 6) is 0. The van der Waals surface area contributed by atoms with Crippen LogP contribution in [-0.4, -0.2) is 35.2 Å². The van der Waals surface area contributed by atoms with E-state index in [0.29, 0.717) is 16.4 Å². The van der Waals surface area contributed by atoms with E-state index in [1.165, 1.54) is 12.1 Å². The van der Waals surface area contributed by atoms with E-state index >= 15 is 0 Å². The topological polar surface area (TPSA) is 83.5 Å². The van der Waals surface area contributed by atoms with Crippen LogP contribution in [0.25, 0.3) is 0 Å². The summed E-state index contributed by atoms with van der Waals surface area (Å²) in [5, 5.41) is -0.147. The number of para-hydroxylation sites is 1. The Balaban J connectivity index is 1.92. The van der Waals surface area contributed by atoms with Crippen LogP contribution in [0.3, 0.4) is 0 Å². The lowest BCUT2D eigenvalue weighted by atomic mass is 9.82. The van der Waals surface area contributed by atoms with Crippen molar-refractivity contribution in [1.29, 1.82) is 0 Å². The molecular formula is C20H27ClN2O4S3. The van der Waals surface area contributed by atoms with Crippen molar-refractivity contribution in [1.82, 2.24) is 0 Å². The second-order valence-electron chi connectivity index (χ2n) is 8.56. The van der Waals surface area contributed by atoms with Crippen LogP contribution >= 0.6 is 22.9 Å². The van der Waals surface area contributed by atoms with Gasteiger partial charge >= 0.3 is 0 Å². The van der Waals surface area contributed by atoms with Crippen LogP contribution < -0.4 is 9.62 Å². The first-order valence-corrected chi connectivity index (χ1v) is 14.0. The summed E-state index contributed by atoms with van der Waals surface area (Å²) in [4.78, 5) is 2.11. The largest absolute Gasteiger partial charge is 0.369 e. The lowest BCUT2D eigenvalue weighted by Gasteiger charge is -2.39. The van der Waals surface area contributed by atoms with Gasteiger partial charge in [-0.15, -0.1) is 11.3 Å². The fraction of sp³-hybridized carbons (Fsp3) is 0.500. The lowest BCUT2D eigenvalue weighted by Crippen LogP contribution is -2.38. The number of nitrogens with zero attached hydrogens (tertiary/aromatic N) is 1. The summed E-state index contributed by atoms with van der Waals surface area (Å²) in [6, 6.07) is 7.79. The normalized spacial score (nSPS) is 17.3. The molecule has 0 radical (unpaired) electrons. The van der Waals surface area contributed by atoms with Crippen molar-refractivity contribution in [3.8, 4) is 0 Å². The minimum Gasteiger partial charge on any atom is -0.369 e. The van der Waals surface area contributed by atoms with Crippen molar-refractivity contribution in [3.63, 3.8) is 0 Å². The van der Waals surface area contributed by atoms with Gasteiger partial charge in [0.1, 0.15) is 8.42 Å². The number of rotatable bonds is 6. The van der Waals surface area contributed by atoms with Gasteiger partial charge < -0.3 is 4.90 Å². The highest BCUT2D eigenvalue weighted by molar-refractivity contribution is 7.96. The Labute approximate surface area is 188 Å². The third-order valence-corrected chi connectivity index (χ3v) is 11.3. The van der Waals surface area contributed by atoms with E-state index in [-0.39, 0.29) is 13.8 Å². The number of piperidine rings is 1. The van der Waals surface area contributed by atoms with Crippen LogP contribution in [0.2, 0.25) is 5.02 Å². The number of nitrogens with one attached hydrogen (secondary N) is 1. The summed E-state index contributed by atoms with van der Waals surface area (Å²) >= 11 is 7.21. The first kappa shape index (κ1) is 23.4. The molecule has 0 unspecified atom stereocenters. The molecule has 6 nitrogen and oxygen atoms in total. The molecule has 2 heterocycles. The summed E-state index contributed by atoms with van der Waals surface area (Å²) in [5.41, 5.74) is 1.29. The number of anilines is 2. The van der Waals surface area contributed by atoms with Crippen LogP contribution in [0.5, 0.6) is 0 Å². The second-order valence-corrected chi connectivity index (χ2v) is 14.7. The monoisotopic (exact) mass is 490 g/mol. The van der Waals surface area contributed by atoms with Gasteiger partial charge in [0.25, 0.3) is 10.0 Å². The number of hydrogen-bond acceptors (Lipinski definition) is 6. The van der Waals surface area contributed by atoms with Gasteiger partial charge in [-0.25, -0.2) is 16.8 Å². The molecule has 0 bridgehead atoms. The molecule has 1 aliphatic heterocycles. The Morgan fingerprint density at radius 2 is 1.63 bits per heavy atom. The molecular weight excluding hydrogens is 464 g/mol. The molecule has 1 aromatic heterocycles. The first-order chi connectivity index (χ1) is 13.8. The highest BCUT2D eigenvalue weighted by Gasteiger charge is 2.29. The molecule has 30 heavy (non-hydrogen) atoms. The number of hydrogen-bond donors (Lipinski definition) is 1. The summed E-state index contributed by atoms with van der Waals surface area (Å²) in [6.07, 6.45) is 1.96. The lowest BCUT2D eigenvalue weighted by molar-refractivity contribution is 0.280. The van der Waals surface area contributed by atoms with Crippen molar-refractivity contribution in [2.24, 2.45) is 5.41 Å². The fourth-order valence-corrected chi connectivity index (χ4v) is 7.87. The highest BCUT2D eigenvalue weighted by atomic mass is 35.5. The van der Waals surface area contributed by atoms with Gasteiger partial charge in [0, 0.05) is 13.1 Å². The molecule has 1 saturated heterocycles. The van der Waals surface area contributed by atoms with Gasteiger partial charge in [0.05, 0.1) is 21.6 Å². The van der Waals surface area contributed by atoms with Gasteiger partial charge in [-0.3, -0.25) is 4.72 Å². The van der Waals surface area contributed by atoms with Gasteiger partial charge in [0.15, 0.2) is 9.84 Å². The summed E-state index contributed by atoms with van der Waals surface area (Å²) < 4.78 is 53.3. The Kier molecular flexibility index (Phi) is 6.49. The van der Waals surface area contributed by atoms with E-state index < -0.39 is 25.1 Å². The molecule has 1 aromatic carbocycles. The fourth-order valence-electron chi connectivity index (χ4n) is 3.28. The smallest absolute Gasteiger partial charge is 0.271 e. The number of benzene rings is 1. The number of thiophene rings is 1. The van der Waals surface area contributed by atoms with Gasteiger partial charge in [-0.2, -0.15) is 0 Å². The standard InChI is InChI=1S/C20H27ClN2O4S3/c1-14(2)29(24,25)17-8-9-18(28-17)30(26,27)22-16-7-5-6-15(21)19(16)23-12-10-20(3,4)11-13-23/h5-9,14,22H,10-13H2,1-4H3. The zero-order valence-corrected chi connectivity index (χ0v) is 20.7. The maximum Gasteiger partial charge on any atom is 0.271 e. The molecule has 1 aliphatic rings. The van der Waals surface area contributed by atoms with E-state index in [1.807, 2.05) is 0 Å². The zero-order chi connectivity index (χ0) is 22.3. The zero-order valence-electron chi connectivity index (χ0n) is 17.5. The van der Waals surface area contributed by atoms with Gasteiger partial charge in [0.2, 0.25) is 0 Å². The highest BCUT2D eigenvalue weighted by Crippen LogP contribution is 2.40. The SMILES string of the molecule is CC(C)S(=O)(=O)c1ccc(S(=O)(=O)Nc2cccc(Cl)c2N2CCC(C)(C)CC2)s1. The molecule has 10 heteroatoms. The number of sulfonamides is 1. The number of halogens is 1. The molecule has 0 amide bonds. The Morgan fingerprint density at radius 3 is 2.23 bits per heavy atom. The molecule has 1 fully saturated rings. The Bertz CT molecular complexity index is 1130. The molecule has 3 rings (SSSR count). The molecule has 0 saturated carbocycles. The van der Waals surface area contributed by atoms with E-state index in [9.17, 15) is 16.8 Å². The van der Waals surface area contributed by atoms with Gasteiger partial charge in [-0.05, 0) is 56.4 Å². The van der Waals surface area contributed by atoms with Crippen molar-refractivity contribution < 1.29 is 16.8 Å². The average Bonchev–Trinajstić information content (AvgIpc) is 3.14. The first-order valence-electron chi connectivity index (χ1n) is 9.73. The van der Waals surface area contributed by atoms with Crippen LogP contribution in [0.4, 0.5) is 11.4 Å². The third-order valence-electron chi connectivity index (χ3n) is 5.39. The van der Waals surface area contributed by atoms with Gasteiger partial charge in [-0.1, -0.05) is 31.5 Å². The third kappa shape index (κ3) is 4.79. The van der Waals surface area contributed by atoms with E-state index in [4.69, 9.17) is 11.6 Å². The van der Waals surface area contributed by atoms with Crippen molar-refractivity contribution in [2.45, 2.75) is 54.2 Å². The summed E-state index contributed by atoms with van der Waals surface area (Å²) in [6.45, 7) is 9.14. The second kappa shape index (κ2) is 8.33. The number of sulfone groups is 1. The Hall–Kier alpha value is -1.29. The predicted molar refractivity (Wildman–Crippen MR) is 124 cm³/mol. The van der Waals surface area contributed by atoms with Crippen LogP contribution in [0, 0.1) is 5.41 Å². The minimum absolute atomic E-state index is 0.0439. The maximum atomic E-state index is 13.0. The minimum atomic E-state index is -3.96. The Morgan fingerprint density at radius 1 is 1.03 bits per heavy atom.